The Hall–Kier alpha value is -0.120. The summed E-state index contributed by atoms with van der Waals surface area (Å²) in [5.41, 5.74) is 5.39. The Kier molecular flexibility index (Phi) is 1.51. The molecular weight excluding hydrogens is 106 g/mol. The van der Waals surface area contributed by atoms with Crippen LogP contribution in [0.25, 0.3) is 0 Å². The van der Waals surface area contributed by atoms with Crippen molar-refractivity contribution in [3.63, 3.8) is 0 Å². The molecule has 0 radical (unpaired) electrons. The van der Waals surface area contributed by atoms with Crippen LogP contribution in [0.4, 0.5) is 0 Å². The van der Waals surface area contributed by atoms with Crippen LogP contribution >= 0.6 is 0 Å². The number of hydrogen-bond donors (Lipinski definition) is 2. The van der Waals surface area contributed by atoms with Gasteiger partial charge in [-0.2, -0.15) is 0 Å². The number of hydrogen-bond acceptors (Lipinski definition) is 3. The van der Waals surface area contributed by atoms with Crippen LogP contribution in [0.5, 0.6) is 0 Å². The summed E-state index contributed by atoms with van der Waals surface area (Å²) in [6.45, 7) is 2.31. The first kappa shape index (κ1) is 6.01. The summed E-state index contributed by atoms with van der Waals surface area (Å²) in [5, 5.41) is 9.02. The molecule has 3 atom stereocenters. The highest BCUT2D eigenvalue weighted by atomic mass is 16.5. The third-order valence-electron chi connectivity index (χ3n) is 1.47. The summed E-state index contributed by atoms with van der Waals surface area (Å²) in [6, 6.07) is -0.176. The van der Waals surface area contributed by atoms with Gasteiger partial charge in [0.05, 0.1) is 24.9 Å². The van der Waals surface area contributed by atoms with Gasteiger partial charge in [-0.15, -0.1) is 0 Å². The van der Waals surface area contributed by atoms with Gasteiger partial charge in [-0.3, -0.25) is 0 Å². The van der Waals surface area contributed by atoms with E-state index in [1.54, 1.807) is 0 Å². The highest BCUT2D eigenvalue weighted by molar-refractivity contribution is 4.82. The van der Waals surface area contributed by atoms with Crippen molar-refractivity contribution in [3.8, 4) is 0 Å². The summed E-state index contributed by atoms with van der Waals surface area (Å²) in [7, 11) is 0. The zero-order valence-electron chi connectivity index (χ0n) is 4.87. The van der Waals surface area contributed by atoms with E-state index < -0.39 is 6.10 Å². The summed E-state index contributed by atoms with van der Waals surface area (Å²) < 4.78 is 5.00. The molecule has 1 heterocycles. The van der Waals surface area contributed by atoms with Gasteiger partial charge < -0.3 is 15.6 Å². The lowest BCUT2D eigenvalue weighted by Crippen LogP contribution is -2.35. The standard InChI is InChI=1S/C5H11NO2/c1-3-5(7)4(6)2-8-3/h3-5,7H,2,6H2,1H3/t3-,4-,5-/m1/s1. The van der Waals surface area contributed by atoms with Gasteiger partial charge in [0.2, 0.25) is 0 Å². The average Bonchev–Trinajstić information content (AvgIpc) is 1.98. The first-order chi connectivity index (χ1) is 3.72. The molecule has 0 aromatic heterocycles. The van der Waals surface area contributed by atoms with E-state index in [1.165, 1.54) is 0 Å². The molecule has 0 bridgehead atoms. The SMILES string of the molecule is C[C@H]1OC[C@@H](N)[C@@H]1O. The minimum atomic E-state index is -0.463. The maximum absolute atomic E-state index is 9.02. The molecule has 8 heavy (non-hydrogen) atoms. The molecule has 0 unspecified atom stereocenters. The van der Waals surface area contributed by atoms with Crippen molar-refractivity contribution < 1.29 is 9.84 Å². The van der Waals surface area contributed by atoms with Crippen molar-refractivity contribution in [1.29, 1.82) is 0 Å². The fourth-order valence-corrected chi connectivity index (χ4v) is 0.808. The lowest BCUT2D eigenvalue weighted by Gasteiger charge is -2.08. The smallest absolute Gasteiger partial charge is 0.0971 e. The van der Waals surface area contributed by atoms with Crippen LogP contribution in [0.2, 0.25) is 0 Å². The van der Waals surface area contributed by atoms with Crippen LogP contribution < -0.4 is 5.73 Å². The van der Waals surface area contributed by atoms with E-state index in [-0.39, 0.29) is 12.1 Å². The Morgan fingerprint density at radius 2 is 2.38 bits per heavy atom. The van der Waals surface area contributed by atoms with E-state index in [0.717, 1.165) is 0 Å². The summed E-state index contributed by atoms with van der Waals surface area (Å²) in [4.78, 5) is 0. The van der Waals surface area contributed by atoms with Gasteiger partial charge in [0.15, 0.2) is 0 Å². The first-order valence-corrected chi connectivity index (χ1v) is 2.77. The van der Waals surface area contributed by atoms with Crippen molar-refractivity contribution in [3.05, 3.63) is 0 Å². The number of rotatable bonds is 0. The van der Waals surface area contributed by atoms with Crippen LogP contribution in [-0.2, 0) is 4.74 Å². The molecule has 3 nitrogen and oxygen atoms in total. The molecule has 0 aromatic carbocycles. The van der Waals surface area contributed by atoms with Crippen molar-refractivity contribution in [1.82, 2.24) is 0 Å². The van der Waals surface area contributed by atoms with Gasteiger partial charge in [-0.1, -0.05) is 0 Å². The molecular formula is C5H11NO2. The van der Waals surface area contributed by atoms with Gasteiger partial charge in [-0.05, 0) is 6.92 Å². The van der Waals surface area contributed by atoms with E-state index in [1.807, 2.05) is 6.92 Å². The second kappa shape index (κ2) is 2.01. The Morgan fingerprint density at radius 3 is 2.50 bits per heavy atom. The minimum absolute atomic E-state index is 0.0787. The predicted molar refractivity (Wildman–Crippen MR) is 29.4 cm³/mol. The molecule has 1 fully saturated rings. The molecule has 3 N–H and O–H groups in total. The van der Waals surface area contributed by atoms with Crippen LogP contribution in [-0.4, -0.2) is 30.0 Å². The van der Waals surface area contributed by atoms with Crippen molar-refractivity contribution in [2.24, 2.45) is 5.73 Å². The van der Waals surface area contributed by atoms with Crippen molar-refractivity contribution in [2.45, 2.75) is 25.2 Å². The Morgan fingerprint density at radius 1 is 1.75 bits per heavy atom. The molecule has 0 spiro atoms. The number of aliphatic hydroxyl groups excluding tert-OH is 1. The topological polar surface area (TPSA) is 55.5 Å². The average molecular weight is 117 g/mol. The Balaban J connectivity index is 2.44. The minimum Gasteiger partial charge on any atom is -0.389 e. The van der Waals surface area contributed by atoms with Crippen molar-refractivity contribution in [2.75, 3.05) is 6.61 Å². The summed E-state index contributed by atoms with van der Waals surface area (Å²) in [5.74, 6) is 0. The molecule has 1 aliphatic rings. The summed E-state index contributed by atoms with van der Waals surface area (Å²) >= 11 is 0. The molecule has 0 aromatic rings. The number of ether oxygens (including phenoxy) is 1. The van der Waals surface area contributed by atoms with Gasteiger partial charge in [0.25, 0.3) is 0 Å². The largest absolute Gasteiger partial charge is 0.389 e. The maximum Gasteiger partial charge on any atom is 0.0971 e. The lowest BCUT2D eigenvalue weighted by atomic mass is 10.1. The Labute approximate surface area is 48.4 Å². The molecule has 48 valence electrons. The number of nitrogens with two attached hydrogens (primary N) is 1. The maximum atomic E-state index is 9.02. The molecule has 1 saturated heterocycles. The van der Waals surface area contributed by atoms with Crippen molar-refractivity contribution >= 4 is 0 Å². The second-order valence-electron chi connectivity index (χ2n) is 2.19. The number of aliphatic hydroxyl groups is 1. The van der Waals surface area contributed by atoms with Crippen LogP contribution in [0.1, 0.15) is 6.92 Å². The van der Waals surface area contributed by atoms with Gasteiger partial charge in [-0.25, -0.2) is 0 Å². The highest BCUT2D eigenvalue weighted by Crippen LogP contribution is 2.10. The van der Waals surface area contributed by atoms with E-state index in [2.05, 4.69) is 0 Å². The quantitative estimate of drug-likeness (QED) is 0.432. The fraction of sp³-hybridized carbons (Fsp3) is 1.00. The van der Waals surface area contributed by atoms with Gasteiger partial charge in [0, 0.05) is 0 Å². The molecule has 3 heteroatoms. The Bertz CT molecular complexity index is 76.5. The van der Waals surface area contributed by atoms with E-state index in [9.17, 15) is 0 Å². The van der Waals surface area contributed by atoms with Crippen LogP contribution in [0, 0.1) is 0 Å². The van der Waals surface area contributed by atoms with E-state index in [0.29, 0.717) is 6.61 Å². The third kappa shape index (κ3) is 0.844. The molecule has 0 amide bonds. The normalized spacial score (nSPS) is 47.6. The highest BCUT2D eigenvalue weighted by Gasteiger charge is 2.29. The monoisotopic (exact) mass is 117 g/mol. The molecule has 1 aliphatic heterocycles. The third-order valence-corrected chi connectivity index (χ3v) is 1.47. The zero-order chi connectivity index (χ0) is 6.15. The second-order valence-corrected chi connectivity index (χ2v) is 2.19. The molecule has 1 rings (SSSR count). The summed E-state index contributed by atoms with van der Waals surface area (Å²) in [6.07, 6.45) is -0.542. The van der Waals surface area contributed by atoms with E-state index in [4.69, 9.17) is 15.6 Å². The van der Waals surface area contributed by atoms with Crippen LogP contribution in [0.15, 0.2) is 0 Å². The first-order valence-electron chi connectivity index (χ1n) is 2.77. The predicted octanol–water partition coefficient (Wildman–Crippen LogP) is -0.907. The van der Waals surface area contributed by atoms with E-state index >= 15 is 0 Å². The van der Waals surface area contributed by atoms with Gasteiger partial charge in [0.1, 0.15) is 0 Å². The van der Waals surface area contributed by atoms with Gasteiger partial charge >= 0.3 is 0 Å². The fourth-order valence-electron chi connectivity index (χ4n) is 0.808. The lowest BCUT2D eigenvalue weighted by molar-refractivity contribution is 0.0545. The molecule has 0 aliphatic carbocycles. The zero-order valence-corrected chi connectivity index (χ0v) is 4.87. The van der Waals surface area contributed by atoms with Crippen LogP contribution in [0.3, 0.4) is 0 Å². The molecule has 0 saturated carbocycles.